The number of benzene rings is 1. The lowest BCUT2D eigenvalue weighted by Gasteiger charge is -2.24. The Labute approximate surface area is 193 Å². The van der Waals surface area contributed by atoms with Gasteiger partial charge in [0.15, 0.2) is 0 Å². The number of carbonyl (C=O) groups excluding carboxylic acids is 1. The van der Waals surface area contributed by atoms with Gasteiger partial charge in [-0.05, 0) is 37.5 Å². The maximum atomic E-state index is 13.7. The topological polar surface area (TPSA) is 94.6 Å². The minimum Gasteiger partial charge on any atom is -0.465 e. The highest BCUT2D eigenvalue weighted by atomic mass is 32.1. The van der Waals surface area contributed by atoms with Gasteiger partial charge in [0.05, 0.1) is 16.8 Å². The molecule has 3 N–H and O–H groups in total. The van der Waals surface area contributed by atoms with Gasteiger partial charge in [-0.1, -0.05) is 6.92 Å². The third-order valence-corrected chi connectivity index (χ3v) is 7.79. The molecule has 1 aromatic carbocycles. The maximum Gasteiger partial charge on any atom is 0.407 e. The molecule has 0 saturated carbocycles. The minimum absolute atomic E-state index is 0.108. The van der Waals surface area contributed by atoms with Crippen LogP contribution in [0.1, 0.15) is 37.1 Å². The SMILES string of the molecule is CC[C@H](C)NCCC(=O)Nc1sc2c(c1-c1nc3cc(F)ccc3s1)CCN(C(=O)O)C2. The highest BCUT2D eigenvalue weighted by Crippen LogP contribution is 2.45. The average molecular weight is 477 g/mol. The number of carboxylic acid groups (broad SMARTS) is 1. The number of fused-ring (bicyclic) bond motifs is 2. The molecule has 2 aromatic heterocycles. The summed E-state index contributed by atoms with van der Waals surface area (Å²) in [5.74, 6) is -0.455. The van der Waals surface area contributed by atoms with E-state index in [1.807, 2.05) is 0 Å². The summed E-state index contributed by atoms with van der Waals surface area (Å²) in [5.41, 5.74) is 2.42. The molecule has 1 atom stereocenters. The fourth-order valence-electron chi connectivity index (χ4n) is 3.65. The molecule has 4 rings (SSSR count). The Morgan fingerprint density at radius 3 is 2.91 bits per heavy atom. The zero-order chi connectivity index (χ0) is 22.8. The number of amides is 2. The second-order valence-corrected chi connectivity index (χ2v) is 9.99. The van der Waals surface area contributed by atoms with E-state index in [1.165, 1.54) is 39.7 Å². The highest BCUT2D eigenvalue weighted by Gasteiger charge is 2.29. The maximum absolute atomic E-state index is 13.7. The lowest BCUT2D eigenvalue weighted by atomic mass is 10.0. The van der Waals surface area contributed by atoms with E-state index < -0.39 is 6.09 Å². The van der Waals surface area contributed by atoms with Crippen molar-refractivity contribution in [3.05, 3.63) is 34.5 Å². The second-order valence-electron chi connectivity index (χ2n) is 7.85. The Hall–Kier alpha value is -2.56. The normalized spacial score (nSPS) is 14.4. The average Bonchev–Trinajstić information content (AvgIpc) is 3.32. The Morgan fingerprint density at radius 2 is 2.16 bits per heavy atom. The molecule has 32 heavy (non-hydrogen) atoms. The van der Waals surface area contributed by atoms with Crippen LogP contribution in [0.5, 0.6) is 0 Å². The lowest BCUT2D eigenvalue weighted by Crippen LogP contribution is -2.34. The summed E-state index contributed by atoms with van der Waals surface area (Å²) in [4.78, 5) is 31.0. The van der Waals surface area contributed by atoms with Crippen molar-refractivity contribution < 1.29 is 19.1 Å². The summed E-state index contributed by atoms with van der Waals surface area (Å²) in [7, 11) is 0. The van der Waals surface area contributed by atoms with E-state index >= 15 is 0 Å². The van der Waals surface area contributed by atoms with E-state index in [-0.39, 0.29) is 18.3 Å². The van der Waals surface area contributed by atoms with Crippen LogP contribution in [0.2, 0.25) is 0 Å². The molecule has 3 heterocycles. The van der Waals surface area contributed by atoms with Crippen molar-refractivity contribution in [1.82, 2.24) is 15.2 Å². The molecule has 0 radical (unpaired) electrons. The number of hydrogen-bond donors (Lipinski definition) is 3. The van der Waals surface area contributed by atoms with Gasteiger partial charge in [-0.25, -0.2) is 14.2 Å². The van der Waals surface area contributed by atoms with E-state index in [0.717, 1.165) is 27.1 Å². The number of aromatic nitrogens is 1. The van der Waals surface area contributed by atoms with Gasteiger partial charge in [-0.15, -0.1) is 22.7 Å². The predicted octanol–water partition coefficient (Wildman–Crippen LogP) is 4.92. The Morgan fingerprint density at radius 1 is 1.34 bits per heavy atom. The van der Waals surface area contributed by atoms with Crippen molar-refractivity contribution in [3.8, 4) is 10.6 Å². The fraction of sp³-hybridized carbons (Fsp3) is 0.409. The summed E-state index contributed by atoms with van der Waals surface area (Å²) in [6.07, 6.45) is 0.909. The van der Waals surface area contributed by atoms with E-state index in [1.54, 1.807) is 6.07 Å². The van der Waals surface area contributed by atoms with E-state index in [4.69, 9.17) is 0 Å². The summed E-state index contributed by atoms with van der Waals surface area (Å²) in [6.45, 7) is 5.41. The first-order valence-corrected chi connectivity index (χ1v) is 12.2. The first kappa shape index (κ1) is 22.6. The first-order valence-electron chi connectivity index (χ1n) is 10.6. The molecule has 10 heteroatoms. The number of hydrogen-bond acceptors (Lipinski definition) is 6. The summed E-state index contributed by atoms with van der Waals surface area (Å²) in [6, 6.07) is 4.86. The number of thiazole rings is 1. The van der Waals surface area contributed by atoms with Gasteiger partial charge in [-0.2, -0.15) is 0 Å². The van der Waals surface area contributed by atoms with Crippen LogP contribution < -0.4 is 10.6 Å². The number of carbonyl (C=O) groups is 2. The molecule has 1 aliphatic heterocycles. The summed E-state index contributed by atoms with van der Waals surface area (Å²) in [5, 5.41) is 17.1. The molecule has 0 aliphatic carbocycles. The summed E-state index contributed by atoms with van der Waals surface area (Å²) >= 11 is 2.84. The van der Waals surface area contributed by atoms with E-state index in [9.17, 15) is 19.1 Å². The zero-order valence-corrected chi connectivity index (χ0v) is 19.5. The number of nitrogens with zero attached hydrogens (tertiary/aromatic N) is 2. The van der Waals surface area contributed by atoms with E-state index in [0.29, 0.717) is 47.5 Å². The van der Waals surface area contributed by atoms with Crippen molar-refractivity contribution in [3.63, 3.8) is 0 Å². The zero-order valence-electron chi connectivity index (χ0n) is 17.9. The molecule has 170 valence electrons. The molecule has 7 nitrogen and oxygen atoms in total. The number of rotatable bonds is 7. The molecule has 0 unspecified atom stereocenters. The molecular formula is C22H25FN4O3S2. The van der Waals surface area contributed by atoms with Crippen LogP contribution >= 0.6 is 22.7 Å². The minimum atomic E-state index is -0.956. The third-order valence-electron chi connectivity index (χ3n) is 5.60. The molecule has 1 aliphatic rings. The van der Waals surface area contributed by atoms with E-state index in [2.05, 4.69) is 29.5 Å². The van der Waals surface area contributed by atoms with Crippen LogP contribution in [-0.4, -0.2) is 46.1 Å². The third kappa shape index (κ3) is 4.77. The molecule has 0 saturated heterocycles. The van der Waals surface area contributed by atoms with Crippen molar-refractivity contribution in [1.29, 1.82) is 0 Å². The van der Waals surface area contributed by atoms with Crippen LogP contribution in [0.4, 0.5) is 14.2 Å². The van der Waals surface area contributed by atoms with Crippen LogP contribution in [-0.2, 0) is 17.8 Å². The number of nitrogens with one attached hydrogen (secondary N) is 2. The van der Waals surface area contributed by atoms with Crippen LogP contribution in [0.15, 0.2) is 18.2 Å². The van der Waals surface area contributed by atoms with Crippen molar-refractivity contribution in [2.45, 2.75) is 45.7 Å². The Kier molecular flexibility index (Phi) is 6.73. The van der Waals surface area contributed by atoms with Crippen molar-refractivity contribution in [2.24, 2.45) is 0 Å². The number of anilines is 1. The Balaban J connectivity index is 1.65. The van der Waals surface area contributed by atoms with Crippen LogP contribution in [0.25, 0.3) is 20.8 Å². The molecular weight excluding hydrogens is 451 g/mol. The standard InChI is InChI=1S/C22H25FN4O3S2/c1-3-12(2)24-8-6-18(28)26-21-19(14-7-9-27(22(29)30)11-17(14)32-21)20-25-15-10-13(23)4-5-16(15)31-20/h4-5,10,12,24H,3,6-9,11H2,1-2H3,(H,26,28)(H,29,30)/t12-/m0/s1. The molecule has 2 amide bonds. The van der Waals surface area contributed by atoms with Gasteiger partial charge < -0.3 is 20.6 Å². The van der Waals surface area contributed by atoms with Crippen LogP contribution in [0.3, 0.4) is 0 Å². The molecule has 3 aromatic rings. The largest absolute Gasteiger partial charge is 0.465 e. The lowest BCUT2D eigenvalue weighted by molar-refractivity contribution is -0.116. The highest BCUT2D eigenvalue weighted by molar-refractivity contribution is 7.22. The smallest absolute Gasteiger partial charge is 0.407 e. The van der Waals surface area contributed by atoms with Gasteiger partial charge in [-0.3, -0.25) is 4.79 Å². The monoisotopic (exact) mass is 476 g/mol. The molecule has 0 fully saturated rings. The van der Waals surface area contributed by atoms with Crippen molar-refractivity contribution >= 4 is 49.9 Å². The van der Waals surface area contributed by atoms with Gasteiger partial charge in [0, 0.05) is 42.1 Å². The van der Waals surface area contributed by atoms with Gasteiger partial charge in [0.25, 0.3) is 0 Å². The van der Waals surface area contributed by atoms with Gasteiger partial charge >= 0.3 is 6.09 Å². The Bertz CT molecular complexity index is 1160. The van der Waals surface area contributed by atoms with Crippen LogP contribution in [0, 0.1) is 5.82 Å². The number of thiophene rings is 1. The number of halogens is 1. The predicted molar refractivity (Wildman–Crippen MR) is 126 cm³/mol. The quantitative estimate of drug-likeness (QED) is 0.450. The molecule has 0 bridgehead atoms. The van der Waals surface area contributed by atoms with Gasteiger partial charge in [0.2, 0.25) is 5.91 Å². The first-order chi connectivity index (χ1) is 15.4. The van der Waals surface area contributed by atoms with Crippen molar-refractivity contribution in [2.75, 3.05) is 18.4 Å². The van der Waals surface area contributed by atoms with Gasteiger partial charge in [0.1, 0.15) is 15.8 Å². The second kappa shape index (κ2) is 9.51. The fourth-order valence-corrected chi connectivity index (χ4v) is 6.02. The molecule has 0 spiro atoms. The summed E-state index contributed by atoms with van der Waals surface area (Å²) < 4.78 is 14.5.